The normalized spacial score (nSPS) is 19.0. The fraction of sp³-hybridized carbons (Fsp3) is 0.412. The number of benzene rings is 1. The van der Waals surface area contributed by atoms with Gasteiger partial charge in [-0.25, -0.2) is 0 Å². The molecule has 2 atom stereocenters. The predicted molar refractivity (Wildman–Crippen MR) is 81.7 cm³/mol. The highest BCUT2D eigenvalue weighted by atomic mass is 16.5. The zero-order valence-electron chi connectivity index (χ0n) is 11.7. The van der Waals surface area contributed by atoms with Gasteiger partial charge in [-0.1, -0.05) is 36.4 Å². The summed E-state index contributed by atoms with van der Waals surface area (Å²) in [5.41, 5.74) is 6.61. The lowest BCUT2D eigenvalue weighted by Gasteiger charge is -2.20. The standard InChI is InChI=1S/C17H23NO2/c18-11-12-20-16-8-4-5-14(13-16)9-10-17(19)15-6-2-1-3-7-15/h1-6,8,13,15,17,19H,7,9-12,18H2. The van der Waals surface area contributed by atoms with Crippen LogP contribution in [0.15, 0.2) is 48.6 Å². The van der Waals surface area contributed by atoms with E-state index in [1.54, 1.807) is 0 Å². The van der Waals surface area contributed by atoms with Crippen LogP contribution in [0.4, 0.5) is 0 Å². The fourth-order valence-corrected chi connectivity index (χ4v) is 2.38. The van der Waals surface area contributed by atoms with Crippen LogP contribution in [0.2, 0.25) is 0 Å². The molecule has 1 aromatic carbocycles. The molecule has 0 spiro atoms. The molecule has 0 aliphatic heterocycles. The summed E-state index contributed by atoms with van der Waals surface area (Å²) >= 11 is 0. The Hall–Kier alpha value is -1.58. The summed E-state index contributed by atoms with van der Waals surface area (Å²) in [5, 5.41) is 10.2. The number of rotatable bonds is 7. The van der Waals surface area contributed by atoms with E-state index in [1.165, 1.54) is 5.56 Å². The molecule has 0 amide bonds. The van der Waals surface area contributed by atoms with Crippen LogP contribution in [0.25, 0.3) is 0 Å². The van der Waals surface area contributed by atoms with E-state index in [2.05, 4.69) is 18.2 Å². The molecule has 0 radical (unpaired) electrons. The second-order valence-electron chi connectivity index (χ2n) is 5.10. The summed E-state index contributed by atoms with van der Waals surface area (Å²) in [6, 6.07) is 8.01. The number of allylic oxidation sites excluding steroid dienone is 3. The van der Waals surface area contributed by atoms with Crippen molar-refractivity contribution in [3.63, 3.8) is 0 Å². The van der Waals surface area contributed by atoms with Crippen LogP contribution in [-0.4, -0.2) is 24.4 Å². The van der Waals surface area contributed by atoms with Crippen LogP contribution < -0.4 is 10.5 Å². The van der Waals surface area contributed by atoms with Gasteiger partial charge in [-0.15, -0.1) is 0 Å². The van der Waals surface area contributed by atoms with E-state index in [9.17, 15) is 5.11 Å². The molecule has 1 aliphatic carbocycles. The summed E-state index contributed by atoms with van der Waals surface area (Å²) in [6.07, 6.45) is 10.5. The van der Waals surface area contributed by atoms with Crippen molar-refractivity contribution in [2.75, 3.05) is 13.2 Å². The Bertz CT molecular complexity index is 468. The minimum Gasteiger partial charge on any atom is -0.492 e. The summed E-state index contributed by atoms with van der Waals surface area (Å²) in [4.78, 5) is 0. The molecule has 1 aliphatic rings. The maximum atomic E-state index is 10.2. The number of aryl methyl sites for hydroxylation is 1. The average molecular weight is 273 g/mol. The third kappa shape index (κ3) is 4.51. The smallest absolute Gasteiger partial charge is 0.119 e. The van der Waals surface area contributed by atoms with Crippen LogP contribution in [0, 0.1) is 5.92 Å². The van der Waals surface area contributed by atoms with Gasteiger partial charge in [0.05, 0.1) is 6.10 Å². The fourth-order valence-electron chi connectivity index (χ4n) is 2.38. The quantitative estimate of drug-likeness (QED) is 0.802. The van der Waals surface area contributed by atoms with E-state index in [0.717, 1.165) is 25.0 Å². The van der Waals surface area contributed by atoms with Crippen molar-refractivity contribution in [3.8, 4) is 5.75 Å². The number of aliphatic hydroxyl groups is 1. The third-order valence-electron chi connectivity index (χ3n) is 3.52. The minimum absolute atomic E-state index is 0.247. The largest absolute Gasteiger partial charge is 0.492 e. The zero-order valence-corrected chi connectivity index (χ0v) is 11.7. The van der Waals surface area contributed by atoms with Crippen LogP contribution in [0.1, 0.15) is 18.4 Å². The van der Waals surface area contributed by atoms with Gasteiger partial charge >= 0.3 is 0 Å². The predicted octanol–water partition coefficient (Wildman–Crippen LogP) is 2.45. The number of nitrogens with two attached hydrogens (primary N) is 1. The van der Waals surface area contributed by atoms with Crippen molar-refractivity contribution in [1.82, 2.24) is 0 Å². The summed E-state index contributed by atoms with van der Waals surface area (Å²) < 4.78 is 5.51. The maximum absolute atomic E-state index is 10.2. The Labute approximate surface area is 120 Å². The Morgan fingerprint density at radius 1 is 1.35 bits per heavy atom. The first-order valence-corrected chi connectivity index (χ1v) is 7.23. The molecule has 0 saturated heterocycles. The van der Waals surface area contributed by atoms with Crippen LogP contribution in [-0.2, 0) is 6.42 Å². The molecule has 0 fully saturated rings. The van der Waals surface area contributed by atoms with Gasteiger partial charge in [-0.3, -0.25) is 0 Å². The van der Waals surface area contributed by atoms with Crippen LogP contribution in [0.5, 0.6) is 5.75 Å². The first kappa shape index (κ1) is 14.8. The first-order chi connectivity index (χ1) is 9.79. The van der Waals surface area contributed by atoms with Gasteiger partial charge in [0, 0.05) is 12.5 Å². The lowest BCUT2D eigenvalue weighted by atomic mass is 9.91. The van der Waals surface area contributed by atoms with Crippen molar-refractivity contribution in [3.05, 3.63) is 54.1 Å². The molecule has 0 aromatic heterocycles. The first-order valence-electron chi connectivity index (χ1n) is 7.23. The minimum atomic E-state index is -0.287. The molecule has 2 unspecified atom stereocenters. The van der Waals surface area contributed by atoms with Crippen molar-refractivity contribution < 1.29 is 9.84 Å². The van der Waals surface area contributed by atoms with Crippen molar-refractivity contribution in [1.29, 1.82) is 0 Å². The third-order valence-corrected chi connectivity index (χ3v) is 3.52. The Kier molecular flexibility index (Phi) is 5.84. The van der Waals surface area contributed by atoms with Gasteiger partial charge in [0.2, 0.25) is 0 Å². The highest BCUT2D eigenvalue weighted by molar-refractivity contribution is 5.28. The Morgan fingerprint density at radius 3 is 3.00 bits per heavy atom. The zero-order chi connectivity index (χ0) is 14.2. The van der Waals surface area contributed by atoms with E-state index < -0.39 is 0 Å². The lowest BCUT2D eigenvalue weighted by Crippen LogP contribution is -2.19. The molecule has 0 saturated carbocycles. The van der Waals surface area contributed by atoms with Crippen molar-refractivity contribution >= 4 is 0 Å². The summed E-state index contributed by atoms with van der Waals surface area (Å²) in [6.45, 7) is 1.05. The van der Waals surface area contributed by atoms with Crippen molar-refractivity contribution in [2.24, 2.45) is 11.7 Å². The molecule has 1 aromatic rings. The molecule has 20 heavy (non-hydrogen) atoms. The van der Waals surface area contributed by atoms with E-state index in [-0.39, 0.29) is 12.0 Å². The molecule has 0 heterocycles. The maximum Gasteiger partial charge on any atom is 0.119 e. The van der Waals surface area contributed by atoms with Gasteiger partial charge in [-0.2, -0.15) is 0 Å². The number of hydrogen-bond donors (Lipinski definition) is 2. The molecular weight excluding hydrogens is 250 g/mol. The number of aliphatic hydroxyl groups excluding tert-OH is 1. The van der Waals surface area contributed by atoms with Crippen molar-refractivity contribution in [2.45, 2.75) is 25.4 Å². The van der Waals surface area contributed by atoms with Gasteiger partial charge in [0.15, 0.2) is 0 Å². The summed E-state index contributed by atoms with van der Waals surface area (Å²) in [5.74, 6) is 1.10. The molecule has 3 nitrogen and oxygen atoms in total. The van der Waals surface area contributed by atoms with E-state index in [4.69, 9.17) is 10.5 Å². The number of hydrogen-bond acceptors (Lipinski definition) is 3. The Balaban J connectivity index is 1.83. The van der Waals surface area contributed by atoms with Gasteiger partial charge < -0.3 is 15.6 Å². The van der Waals surface area contributed by atoms with Gasteiger partial charge in [-0.05, 0) is 37.0 Å². The molecule has 0 bridgehead atoms. The SMILES string of the molecule is NCCOc1cccc(CCC(O)C2C=CC=CC2)c1. The molecule has 3 N–H and O–H groups in total. The van der Waals surface area contributed by atoms with Crippen LogP contribution >= 0.6 is 0 Å². The van der Waals surface area contributed by atoms with Gasteiger partial charge in [0.25, 0.3) is 0 Å². The van der Waals surface area contributed by atoms with E-state index in [0.29, 0.717) is 13.2 Å². The average Bonchev–Trinajstić information content (AvgIpc) is 2.52. The van der Waals surface area contributed by atoms with E-state index >= 15 is 0 Å². The highest BCUT2D eigenvalue weighted by Crippen LogP contribution is 2.21. The number of ether oxygens (including phenoxy) is 1. The molecule has 2 rings (SSSR count). The molecule has 3 heteroatoms. The second-order valence-corrected chi connectivity index (χ2v) is 5.10. The topological polar surface area (TPSA) is 55.5 Å². The van der Waals surface area contributed by atoms with E-state index in [1.807, 2.05) is 30.4 Å². The van der Waals surface area contributed by atoms with Crippen LogP contribution in [0.3, 0.4) is 0 Å². The molecule has 108 valence electrons. The second kappa shape index (κ2) is 7.88. The highest BCUT2D eigenvalue weighted by Gasteiger charge is 2.16. The monoisotopic (exact) mass is 273 g/mol. The lowest BCUT2D eigenvalue weighted by molar-refractivity contribution is 0.121. The van der Waals surface area contributed by atoms with Gasteiger partial charge in [0.1, 0.15) is 12.4 Å². The molecular formula is C17H23NO2. The Morgan fingerprint density at radius 2 is 2.25 bits per heavy atom. The summed E-state index contributed by atoms with van der Waals surface area (Å²) in [7, 11) is 0.